The van der Waals surface area contributed by atoms with E-state index in [1.54, 1.807) is 0 Å². The van der Waals surface area contributed by atoms with E-state index in [1.807, 2.05) is 0 Å². The summed E-state index contributed by atoms with van der Waals surface area (Å²) in [7, 11) is -5.35. The molecule has 0 atom stereocenters. The van der Waals surface area contributed by atoms with Gasteiger partial charge in [-0.25, -0.2) is 0 Å². The number of rotatable bonds is 11. The van der Waals surface area contributed by atoms with E-state index in [-0.39, 0.29) is 0 Å². The van der Waals surface area contributed by atoms with Gasteiger partial charge in [-0.2, -0.15) is 83.4 Å². The minimum absolute atomic E-state index is 1.84. The van der Waals surface area contributed by atoms with E-state index in [4.69, 9.17) is 9.79 Å². The zero-order valence-corrected chi connectivity index (χ0v) is 16.4. The van der Waals surface area contributed by atoms with Crippen molar-refractivity contribution < 1.29 is 97.8 Å². The lowest BCUT2D eigenvalue weighted by Crippen LogP contribution is -2.75. The van der Waals surface area contributed by atoms with Crippen LogP contribution in [0.2, 0.25) is 0 Å². The normalized spacial score (nSPS) is 16.6. The molecule has 0 aliphatic heterocycles. The van der Waals surface area contributed by atoms with Crippen LogP contribution in [-0.2, 0) is 4.57 Å². The second-order valence-corrected chi connectivity index (χ2v) is 8.49. The molecule has 0 bridgehead atoms. The standard InChI is InChI=1S/C12H8F19O3P/c13-4(14,2-1-3-35(32,33)34)5(15,16)6(17,18)7(19,20)8(21,22)9(23,24)10(25,26)11(27,28)12(29,30)31/h1-3H2,(H2,32,33,34). The third-order valence-electron chi connectivity index (χ3n) is 4.12. The Hall–Kier alpha value is -1.18. The fraction of sp³-hybridized carbons (Fsp3) is 1.00. The molecule has 212 valence electrons. The molecule has 0 aromatic rings. The Balaban J connectivity index is 6.66. The van der Waals surface area contributed by atoms with Crippen molar-refractivity contribution in [1.82, 2.24) is 0 Å². The summed E-state index contributed by atoms with van der Waals surface area (Å²) in [4.78, 5) is 16.6. The van der Waals surface area contributed by atoms with Gasteiger partial charge in [-0.05, 0) is 6.42 Å². The molecule has 2 N–H and O–H groups in total. The van der Waals surface area contributed by atoms with Gasteiger partial charge in [-0.3, -0.25) is 4.57 Å². The minimum Gasteiger partial charge on any atom is -0.324 e. The molecule has 0 aromatic carbocycles. The Bertz CT molecular complexity index is 810. The van der Waals surface area contributed by atoms with Crippen molar-refractivity contribution in [3.63, 3.8) is 0 Å². The lowest BCUT2D eigenvalue weighted by atomic mass is 9.86. The molecule has 3 nitrogen and oxygen atoms in total. The first-order valence-electron chi connectivity index (χ1n) is 7.84. The number of alkyl halides is 19. The summed E-state index contributed by atoms with van der Waals surface area (Å²) in [5.74, 6) is -67.3. The van der Waals surface area contributed by atoms with E-state index < -0.39 is 80.2 Å². The molecular weight excluding hydrogens is 584 g/mol. The van der Waals surface area contributed by atoms with Crippen LogP contribution in [0.15, 0.2) is 0 Å². The van der Waals surface area contributed by atoms with E-state index in [2.05, 4.69) is 0 Å². The Labute approximate surface area is 179 Å². The minimum atomic E-state index is -8.99. The molecule has 0 amide bonds. The van der Waals surface area contributed by atoms with Gasteiger partial charge in [0.2, 0.25) is 0 Å². The van der Waals surface area contributed by atoms with Crippen molar-refractivity contribution in [2.45, 2.75) is 66.4 Å². The van der Waals surface area contributed by atoms with E-state index in [0.29, 0.717) is 0 Å². The molecule has 0 saturated carbocycles. The zero-order valence-electron chi connectivity index (χ0n) is 15.6. The molecular formula is C12H8F19O3P. The molecule has 0 aromatic heterocycles. The van der Waals surface area contributed by atoms with Crippen molar-refractivity contribution in [3.8, 4) is 0 Å². The summed E-state index contributed by atoms with van der Waals surface area (Å²) >= 11 is 0. The predicted molar refractivity (Wildman–Crippen MR) is 71.8 cm³/mol. The van der Waals surface area contributed by atoms with Crippen LogP contribution in [0.1, 0.15) is 12.8 Å². The van der Waals surface area contributed by atoms with Crippen LogP contribution in [0.3, 0.4) is 0 Å². The topological polar surface area (TPSA) is 57.5 Å². The Morgan fingerprint density at radius 2 is 0.714 bits per heavy atom. The summed E-state index contributed by atoms with van der Waals surface area (Å²) in [6, 6.07) is 0. The first-order valence-corrected chi connectivity index (χ1v) is 9.64. The highest BCUT2D eigenvalue weighted by atomic mass is 31.2. The summed E-state index contributed by atoms with van der Waals surface area (Å²) in [5.41, 5.74) is 0. The SMILES string of the molecule is O=P(O)(O)CCCC(F)(F)C(F)(F)C(F)(F)C(F)(F)C(F)(F)C(F)(F)C(F)(F)C(F)(F)C(F)(F)F. The van der Waals surface area contributed by atoms with E-state index in [1.165, 1.54) is 0 Å². The molecule has 0 unspecified atom stereocenters. The summed E-state index contributed by atoms with van der Waals surface area (Å²) in [6.45, 7) is 0. The Morgan fingerprint density at radius 3 is 0.971 bits per heavy atom. The smallest absolute Gasteiger partial charge is 0.324 e. The highest BCUT2D eigenvalue weighted by Gasteiger charge is 2.96. The van der Waals surface area contributed by atoms with Crippen LogP contribution in [0.25, 0.3) is 0 Å². The zero-order chi connectivity index (χ0) is 29.1. The molecule has 0 rings (SSSR count). The Kier molecular flexibility index (Phi) is 8.40. The van der Waals surface area contributed by atoms with Crippen LogP contribution in [0.4, 0.5) is 83.4 Å². The molecule has 0 fully saturated rings. The molecule has 0 radical (unpaired) electrons. The monoisotopic (exact) mass is 592 g/mol. The van der Waals surface area contributed by atoms with Crippen LogP contribution >= 0.6 is 7.60 Å². The molecule has 23 heteroatoms. The molecule has 35 heavy (non-hydrogen) atoms. The molecule has 0 saturated heterocycles. The van der Waals surface area contributed by atoms with Crippen LogP contribution in [0, 0.1) is 0 Å². The van der Waals surface area contributed by atoms with Gasteiger partial charge in [0.05, 0.1) is 6.16 Å². The van der Waals surface area contributed by atoms with Gasteiger partial charge in [-0.15, -0.1) is 0 Å². The van der Waals surface area contributed by atoms with Gasteiger partial charge in [0, 0.05) is 6.42 Å². The maximum absolute atomic E-state index is 13.5. The molecule has 0 heterocycles. The molecule has 0 aliphatic carbocycles. The number of hydrogen-bond acceptors (Lipinski definition) is 1. The first-order chi connectivity index (χ1) is 14.7. The number of halogens is 19. The molecule has 0 spiro atoms. The van der Waals surface area contributed by atoms with Gasteiger partial charge < -0.3 is 9.79 Å². The first kappa shape index (κ1) is 33.8. The van der Waals surface area contributed by atoms with E-state index >= 15 is 0 Å². The lowest BCUT2D eigenvalue weighted by molar-refractivity contribution is -0.468. The molecule has 0 aliphatic rings. The third kappa shape index (κ3) is 5.02. The van der Waals surface area contributed by atoms with Crippen molar-refractivity contribution in [1.29, 1.82) is 0 Å². The summed E-state index contributed by atoms with van der Waals surface area (Å²) in [5, 5.41) is 0. The van der Waals surface area contributed by atoms with Gasteiger partial charge in [0.25, 0.3) is 0 Å². The van der Waals surface area contributed by atoms with Crippen molar-refractivity contribution >= 4 is 7.60 Å². The van der Waals surface area contributed by atoms with Crippen molar-refractivity contribution in [2.24, 2.45) is 0 Å². The number of hydrogen-bond donors (Lipinski definition) is 2. The predicted octanol–water partition coefficient (Wildman–Crippen LogP) is 6.59. The van der Waals surface area contributed by atoms with Crippen LogP contribution in [0.5, 0.6) is 0 Å². The van der Waals surface area contributed by atoms with E-state index in [0.717, 1.165) is 0 Å². The largest absolute Gasteiger partial charge is 0.460 e. The van der Waals surface area contributed by atoms with Crippen LogP contribution < -0.4 is 0 Å². The second kappa shape index (κ2) is 8.70. The maximum atomic E-state index is 13.5. The van der Waals surface area contributed by atoms with Gasteiger partial charge in [-0.1, -0.05) is 0 Å². The van der Waals surface area contributed by atoms with Gasteiger partial charge in [0.1, 0.15) is 0 Å². The lowest BCUT2D eigenvalue weighted by Gasteiger charge is -2.43. The van der Waals surface area contributed by atoms with Crippen LogP contribution in [-0.4, -0.2) is 69.5 Å². The summed E-state index contributed by atoms with van der Waals surface area (Å²) in [6.07, 6.45) is -14.7. The summed E-state index contributed by atoms with van der Waals surface area (Å²) < 4.78 is 258. The van der Waals surface area contributed by atoms with Crippen molar-refractivity contribution in [2.75, 3.05) is 6.16 Å². The highest BCUT2D eigenvalue weighted by Crippen LogP contribution is 2.65. The van der Waals surface area contributed by atoms with Gasteiger partial charge in [0.15, 0.2) is 0 Å². The highest BCUT2D eigenvalue weighted by molar-refractivity contribution is 7.51. The second-order valence-electron chi connectivity index (χ2n) is 6.71. The average molecular weight is 592 g/mol. The van der Waals surface area contributed by atoms with Gasteiger partial charge >= 0.3 is 61.2 Å². The fourth-order valence-electron chi connectivity index (χ4n) is 2.06. The Morgan fingerprint density at radius 1 is 0.457 bits per heavy atom. The average Bonchev–Trinajstić information content (AvgIpc) is 2.58. The third-order valence-corrected chi connectivity index (χ3v) is 5.02. The van der Waals surface area contributed by atoms with E-state index in [9.17, 15) is 88.0 Å². The van der Waals surface area contributed by atoms with Crippen molar-refractivity contribution in [3.05, 3.63) is 0 Å². The quantitative estimate of drug-likeness (QED) is 0.211. The fourth-order valence-corrected chi connectivity index (χ4v) is 2.63. The maximum Gasteiger partial charge on any atom is 0.460 e.